The first-order valence-corrected chi connectivity index (χ1v) is 4.59. The number of rotatable bonds is 1. The summed E-state index contributed by atoms with van der Waals surface area (Å²) in [6.07, 6.45) is 0. The third kappa shape index (κ3) is 1.99. The van der Waals surface area contributed by atoms with Crippen LogP contribution in [0.15, 0.2) is 24.3 Å². The molecule has 70 valence electrons. The van der Waals surface area contributed by atoms with E-state index in [1.807, 2.05) is 12.1 Å². The molecule has 0 amide bonds. The Morgan fingerprint density at radius 2 is 1.92 bits per heavy atom. The normalized spacial score (nSPS) is 22.9. The minimum atomic E-state index is 0.326. The van der Waals surface area contributed by atoms with Gasteiger partial charge in [-0.3, -0.25) is 0 Å². The van der Waals surface area contributed by atoms with Gasteiger partial charge in [0.05, 0.1) is 0 Å². The minimum absolute atomic E-state index is 0.326. The molecule has 1 atom stereocenters. The third-order valence-corrected chi connectivity index (χ3v) is 2.34. The quantitative estimate of drug-likeness (QED) is 0.591. The van der Waals surface area contributed by atoms with Crippen molar-refractivity contribution in [3.63, 3.8) is 0 Å². The first-order chi connectivity index (χ1) is 6.36. The molecule has 1 saturated heterocycles. The summed E-state index contributed by atoms with van der Waals surface area (Å²) in [6.45, 7) is 3.00. The summed E-state index contributed by atoms with van der Waals surface area (Å²) in [6, 6.07) is 7.76. The molecule has 0 aromatic heterocycles. The number of hydrogen-bond donors (Lipinski definition) is 3. The van der Waals surface area contributed by atoms with Crippen LogP contribution in [0.3, 0.4) is 0 Å². The van der Waals surface area contributed by atoms with Gasteiger partial charge in [0.2, 0.25) is 0 Å². The number of hydrogen-bond acceptors (Lipinski definition) is 3. The molecule has 1 fully saturated rings. The van der Waals surface area contributed by atoms with Crippen molar-refractivity contribution in [2.24, 2.45) is 0 Å². The molecule has 3 N–H and O–H groups in total. The number of nitrogens with one attached hydrogen (secondary N) is 2. The van der Waals surface area contributed by atoms with Crippen LogP contribution in [0.2, 0.25) is 0 Å². The summed E-state index contributed by atoms with van der Waals surface area (Å²) in [4.78, 5) is 0. The zero-order valence-electron chi connectivity index (χ0n) is 7.46. The Hall–Kier alpha value is -1.06. The van der Waals surface area contributed by atoms with Crippen LogP contribution in [0.5, 0.6) is 5.75 Å². The SMILES string of the molecule is Oc1ccc([C@@H]2CNCCN2)cc1. The Kier molecular flexibility index (Phi) is 2.47. The Morgan fingerprint density at radius 3 is 2.54 bits per heavy atom. The second-order valence-corrected chi connectivity index (χ2v) is 3.30. The zero-order valence-corrected chi connectivity index (χ0v) is 7.46. The van der Waals surface area contributed by atoms with E-state index in [4.69, 9.17) is 5.11 Å². The predicted molar refractivity (Wildman–Crippen MR) is 51.7 cm³/mol. The number of piperazine rings is 1. The Balaban J connectivity index is 2.10. The predicted octanol–water partition coefficient (Wildman–Crippen LogP) is 0.626. The monoisotopic (exact) mass is 178 g/mol. The molecule has 1 aromatic rings. The third-order valence-electron chi connectivity index (χ3n) is 2.34. The summed E-state index contributed by atoms with van der Waals surface area (Å²) in [7, 11) is 0. The molecule has 1 heterocycles. The maximum atomic E-state index is 9.12. The van der Waals surface area contributed by atoms with Gasteiger partial charge >= 0.3 is 0 Å². The molecule has 0 aliphatic carbocycles. The van der Waals surface area contributed by atoms with Gasteiger partial charge < -0.3 is 15.7 Å². The van der Waals surface area contributed by atoms with Crippen molar-refractivity contribution in [3.8, 4) is 5.75 Å². The van der Waals surface area contributed by atoms with E-state index in [-0.39, 0.29) is 0 Å². The molecule has 1 aromatic carbocycles. The Bertz CT molecular complexity index is 265. The molecule has 0 spiro atoms. The van der Waals surface area contributed by atoms with E-state index in [2.05, 4.69) is 10.6 Å². The lowest BCUT2D eigenvalue weighted by atomic mass is 10.1. The summed E-state index contributed by atoms with van der Waals surface area (Å²) in [5.74, 6) is 0.326. The van der Waals surface area contributed by atoms with E-state index in [1.165, 1.54) is 5.56 Å². The highest BCUT2D eigenvalue weighted by atomic mass is 16.3. The molecule has 0 saturated carbocycles. The summed E-state index contributed by atoms with van der Waals surface area (Å²) in [5.41, 5.74) is 1.23. The standard InChI is InChI=1S/C10H14N2O/c13-9-3-1-8(2-4-9)10-7-11-5-6-12-10/h1-4,10-13H,5-7H2/t10-/m0/s1. The molecule has 0 unspecified atom stereocenters. The van der Waals surface area contributed by atoms with Crippen LogP contribution < -0.4 is 10.6 Å². The van der Waals surface area contributed by atoms with E-state index in [0.29, 0.717) is 11.8 Å². The number of phenols is 1. The first-order valence-electron chi connectivity index (χ1n) is 4.59. The van der Waals surface area contributed by atoms with Crippen LogP contribution in [0, 0.1) is 0 Å². The Labute approximate surface area is 77.8 Å². The lowest BCUT2D eigenvalue weighted by Gasteiger charge is -2.24. The summed E-state index contributed by atoms with van der Waals surface area (Å²) < 4.78 is 0. The fourth-order valence-electron chi connectivity index (χ4n) is 1.60. The topological polar surface area (TPSA) is 44.3 Å². The van der Waals surface area contributed by atoms with Crippen molar-refractivity contribution in [2.75, 3.05) is 19.6 Å². The lowest BCUT2D eigenvalue weighted by molar-refractivity contribution is 0.429. The van der Waals surface area contributed by atoms with E-state index in [9.17, 15) is 0 Å². The van der Waals surface area contributed by atoms with Crippen molar-refractivity contribution < 1.29 is 5.11 Å². The van der Waals surface area contributed by atoms with E-state index in [1.54, 1.807) is 12.1 Å². The van der Waals surface area contributed by atoms with E-state index < -0.39 is 0 Å². The molecular formula is C10H14N2O. The van der Waals surface area contributed by atoms with Gasteiger partial charge in [0, 0.05) is 25.7 Å². The Morgan fingerprint density at radius 1 is 1.15 bits per heavy atom. The fourth-order valence-corrected chi connectivity index (χ4v) is 1.60. The molecule has 0 bridgehead atoms. The van der Waals surface area contributed by atoms with Crippen molar-refractivity contribution in [1.29, 1.82) is 0 Å². The highest BCUT2D eigenvalue weighted by Crippen LogP contribution is 2.16. The van der Waals surface area contributed by atoms with Gasteiger partial charge in [0.15, 0.2) is 0 Å². The minimum Gasteiger partial charge on any atom is -0.508 e. The van der Waals surface area contributed by atoms with Crippen LogP contribution in [-0.4, -0.2) is 24.7 Å². The van der Waals surface area contributed by atoms with Crippen LogP contribution in [0.4, 0.5) is 0 Å². The maximum absolute atomic E-state index is 9.12. The van der Waals surface area contributed by atoms with Gasteiger partial charge in [-0.25, -0.2) is 0 Å². The van der Waals surface area contributed by atoms with Gasteiger partial charge in [-0.2, -0.15) is 0 Å². The summed E-state index contributed by atoms with van der Waals surface area (Å²) in [5, 5.41) is 15.9. The van der Waals surface area contributed by atoms with Gasteiger partial charge in [0.1, 0.15) is 5.75 Å². The molecule has 1 aliphatic rings. The molecule has 3 nitrogen and oxygen atoms in total. The smallest absolute Gasteiger partial charge is 0.115 e. The average Bonchev–Trinajstić information content (AvgIpc) is 2.20. The van der Waals surface area contributed by atoms with Gasteiger partial charge in [-0.1, -0.05) is 12.1 Å². The highest BCUT2D eigenvalue weighted by Gasteiger charge is 2.13. The van der Waals surface area contributed by atoms with Crippen molar-refractivity contribution >= 4 is 0 Å². The number of phenolic OH excluding ortho intramolecular Hbond substituents is 1. The zero-order chi connectivity index (χ0) is 9.10. The molecule has 1 aliphatic heterocycles. The van der Waals surface area contributed by atoms with Crippen molar-refractivity contribution in [3.05, 3.63) is 29.8 Å². The van der Waals surface area contributed by atoms with Gasteiger partial charge in [-0.15, -0.1) is 0 Å². The largest absolute Gasteiger partial charge is 0.508 e. The van der Waals surface area contributed by atoms with Crippen molar-refractivity contribution in [2.45, 2.75) is 6.04 Å². The molecule has 0 radical (unpaired) electrons. The van der Waals surface area contributed by atoms with Crippen LogP contribution in [-0.2, 0) is 0 Å². The van der Waals surface area contributed by atoms with Crippen LogP contribution >= 0.6 is 0 Å². The molecule has 13 heavy (non-hydrogen) atoms. The average molecular weight is 178 g/mol. The van der Waals surface area contributed by atoms with Crippen molar-refractivity contribution in [1.82, 2.24) is 10.6 Å². The number of aromatic hydroxyl groups is 1. The van der Waals surface area contributed by atoms with E-state index in [0.717, 1.165) is 19.6 Å². The second kappa shape index (κ2) is 3.77. The van der Waals surface area contributed by atoms with Crippen LogP contribution in [0.25, 0.3) is 0 Å². The molecule has 2 rings (SSSR count). The maximum Gasteiger partial charge on any atom is 0.115 e. The first kappa shape index (κ1) is 8.53. The van der Waals surface area contributed by atoms with Gasteiger partial charge in [-0.05, 0) is 17.7 Å². The van der Waals surface area contributed by atoms with Gasteiger partial charge in [0.25, 0.3) is 0 Å². The summed E-state index contributed by atoms with van der Waals surface area (Å²) >= 11 is 0. The second-order valence-electron chi connectivity index (χ2n) is 3.30. The number of benzene rings is 1. The lowest BCUT2D eigenvalue weighted by Crippen LogP contribution is -2.42. The van der Waals surface area contributed by atoms with E-state index >= 15 is 0 Å². The molecule has 3 heteroatoms. The molecular weight excluding hydrogens is 164 g/mol. The van der Waals surface area contributed by atoms with Crippen LogP contribution in [0.1, 0.15) is 11.6 Å². The highest BCUT2D eigenvalue weighted by molar-refractivity contribution is 5.28. The fraction of sp³-hybridized carbons (Fsp3) is 0.400.